The minimum absolute atomic E-state index is 0.0779. The van der Waals surface area contributed by atoms with E-state index >= 15 is 0 Å². The molecular weight excluding hydrogens is 498 g/mol. The molecule has 4 aromatic rings. The first kappa shape index (κ1) is 25.8. The van der Waals surface area contributed by atoms with Crippen LogP contribution in [-0.4, -0.2) is 65.4 Å². The molecule has 0 saturated carbocycles. The van der Waals surface area contributed by atoms with Crippen molar-refractivity contribution in [1.82, 2.24) is 14.7 Å². The molecule has 1 saturated heterocycles. The Kier molecular flexibility index (Phi) is 7.44. The summed E-state index contributed by atoms with van der Waals surface area (Å²) in [5, 5.41) is 16.1. The lowest BCUT2D eigenvalue weighted by molar-refractivity contribution is -0.384. The van der Waals surface area contributed by atoms with Crippen molar-refractivity contribution in [2.45, 2.75) is 6.92 Å². The molecule has 3 aromatic carbocycles. The van der Waals surface area contributed by atoms with Gasteiger partial charge in [0.2, 0.25) is 0 Å². The van der Waals surface area contributed by atoms with E-state index in [0.29, 0.717) is 55.6 Å². The second-order valence-corrected chi connectivity index (χ2v) is 9.02. The van der Waals surface area contributed by atoms with E-state index in [4.69, 9.17) is 14.6 Å². The number of methoxy groups -OCH3 is 1. The maximum Gasteiger partial charge on any atom is 0.272 e. The molecule has 1 aliphatic rings. The van der Waals surface area contributed by atoms with Crippen LogP contribution in [0.15, 0.2) is 78.9 Å². The summed E-state index contributed by atoms with van der Waals surface area (Å²) in [6.45, 7) is 4.83. The summed E-state index contributed by atoms with van der Waals surface area (Å²) in [6.07, 6.45) is 0. The number of benzene rings is 3. The summed E-state index contributed by atoms with van der Waals surface area (Å²) in [6, 6.07) is 23.2. The van der Waals surface area contributed by atoms with Gasteiger partial charge < -0.3 is 19.3 Å². The van der Waals surface area contributed by atoms with Crippen LogP contribution in [0.2, 0.25) is 0 Å². The van der Waals surface area contributed by atoms with E-state index in [1.807, 2.05) is 55.5 Å². The number of hydrogen-bond donors (Lipinski definition) is 0. The predicted octanol–water partition coefficient (Wildman–Crippen LogP) is 4.82. The molecule has 5 rings (SSSR count). The topological polar surface area (TPSA) is 103 Å². The van der Waals surface area contributed by atoms with Crippen LogP contribution in [0.4, 0.5) is 11.4 Å². The van der Waals surface area contributed by atoms with Crippen LogP contribution < -0.4 is 14.4 Å². The number of rotatable bonds is 8. The Hall–Kier alpha value is -4.86. The predicted molar refractivity (Wildman–Crippen MR) is 148 cm³/mol. The van der Waals surface area contributed by atoms with Crippen molar-refractivity contribution >= 4 is 17.3 Å². The van der Waals surface area contributed by atoms with Gasteiger partial charge in [-0.1, -0.05) is 30.3 Å². The zero-order chi connectivity index (χ0) is 27.4. The molecule has 1 fully saturated rings. The Morgan fingerprint density at radius 1 is 0.974 bits per heavy atom. The quantitative estimate of drug-likeness (QED) is 0.239. The molecule has 1 aliphatic heterocycles. The summed E-state index contributed by atoms with van der Waals surface area (Å²) in [5.41, 5.74) is 3.03. The van der Waals surface area contributed by atoms with Crippen LogP contribution in [0.1, 0.15) is 17.4 Å². The van der Waals surface area contributed by atoms with Gasteiger partial charge in [-0.25, -0.2) is 4.68 Å². The molecule has 0 bridgehead atoms. The van der Waals surface area contributed by atoms with E-state index < -0.39 is 4.92 Å². The number of para-hydroxylation sites is 2. The lowest BCUT2D eigenvalue weighted by Gasteiger charge is -2.36. The fraction of sp³-hybridized carbons (Fsp3) is 0.241. The molecule has 0 aliphatic carbocycles. The van der Waals surface area contributed by atoms with Crippen LogP contribution in [0.3, 0.4) is 0 Å². The Labute approximate surface area is 226 Å². The van der Waals surface area contributed by atoms with Gasteiger partial charge >= 0.3 is 0 Å². The van der Waals surface area contributed by atoms with E-state index in [1.54, 1.807) is 30.2 Å². The minimum atomic E-state index is -0.462. The first-order valence-electron chi connectivity index (χ1n) is 12.7. The Morgan fingerprint density at radius 2 is 1.74 bits per heavy atom. The van der Waals surface area contributed by atoms with E-state index in [2.05, 4.69) is 4.90 Å². The number of hydrogen-bond acceptors (Lipinski definition) is 7. The highest BCUT2D eigenvalue weighted by Crippen LogP contribution is 2.30. The van der Waals surface area contributed by atoms with Crippen LogP contribution in [0.25, 0.3) is 16.9 Å². The van der Waals surface area contributed by atoms with Gasteiger partial charge in [0.1, 0.15) is 17.2 Å². The van der Waals surface area contributed by atoms with Gasteiger partial charge in [-0.05, 0) is 43.3 Å². The van der Waals surface area contributed by atoms with Gasteiger partial charge in [-0.2, -0.15) is 5.10 Å². The van der Waals surface area contributed by atoms with Crippen molar-refractivity contribution in [2.75, 3.05) is 44.8 Å². The van der Waals surface area contributed by atoms with Crippen LogP contribution >= 0.6 is 0 Å². The maximum atomic E-state index is 13.9. The smallest absolute Gasteiger partial charge is 0.272 e. The van der Waals surface area contributed by atoms with Gasteiger partial charge in [0.05, 0.1) is 35.7 Å². The maximum absolute atomic E-state index is 13.9. The Balaban J connectivity index is 1.45. The highest BCUT2D eigenvalue weighted by molar-refractivity contribution is 5.94. The molecule has 0 unspecified atom stereocenters. The molecule has 0 N–H and O–H groups in total. The molecular formula is C29H29N5O5. The molecule has 0 radical (unpaired) electrons. The van der Waals surface area contributed by atoms with Gasteiger partial charge in [0, 0.05) is 43.9 Å². The molecule has 10 nitrogen and oxygen atoms in total. The SMILES string of the molecule is CCOc1ccccc1N1CCN(C(=O)c2cc(-c3cccc(OC)c3)nn2-c2cccc([N+](=O)[O-])c2)CC1. The lowest BCUT2D eigenvalue weighted by Crippen LogP contribution is -2.49. The molecule has 0 spiro atoms. The van der Waals surface area contributed by atoms with Crippen molar-refractivity contribution < 1.29 is 19.2 Å². The zero-order valence-electron chi connectivity index (χ0n) is 21.8. The largest absolute Gasteiger partial charge is 0.497 e. The van der Waals surface area contributed by atoms with Gasteiger partial charge in [0.25, 0.3) is 11.6 Å². The third-order valence-electron chi connectivity index (χ3n) is 6.65. The summed E-state index contributed by atoms with van der Waals surface area (Å²) in [4.78, 5) is 28.8. The number of ether oxygens (including phenoxy) is 2. The highest BCUT2D eigenvalue weighted by atomic mass is 16.6. The lowest BCUT2D eigenvalue weighted by atomic mass is 10.1. The summed E-state index contributed by atoms with van der Waals surface area (Å²) < 4.78 is 12.6. The molecule has 2 heterocycles. The van der Waals surface area contributed by atoms with E-state index in [0.717, 1.165) is 17.0 Å². The van der Waals surface area contributed by atoms with Crippen molar-refractivity contribution in [1.29, 1.82) is 0 Å². The number of piperazine rings is 1. The number of anilines is 1. The van der Waals surface area contributed by atoms with Crippen molar-refractivity contribution in [3.05, 3.63) is 94.7 Å². The fourth-order valence-electron chi connectivity index (χ4n) is 4.70. The first-order valence-corrected chi connectivity index (χ1v) is 12.7. The number of amides is 1. The van der Waals surface area contributed by atoms with E-state index in [1.165, 1.54) is 16.8 Å². The standard InChI is InChI=1S/C29H29N5O5/c1-3-39-28-13-5-4-12-26(28)31-14-16-32(17-15-31)29(35)27-20-25(21-8-6-11-24(18-21)38-2)30-33(27)22-9-7-10-23(19-22)34(36)37/h4-13,18-20H,3,14-17H2,1-2H3. The Morgan fingerprint density at radius 3 is 2.49 bits per heavy atom. The number of nitro benzene ring substituents is 1. The molecule has 200 valence electrons. The second kappa shape index (κ2) is 11.3. The average molecular weight is 528 g/mol. The number of carbonyl (C=O) groups is 1. The molecule has 1 amide bonds. The summed E-state index contributed by atoms with van der Waals surface area (Å²) in [7, 11) is 1.59. The highest BCUT2D eigenvalue weighted by Gasteiger charge is 2.27. The van der Waals surface area contributed by atoms with Crippen molar-refractivity contribution in [3.8, 4) is 28.4 Å². The van der Waals surface area contributed by atoms with Gasteiger partial charge in [0.15, 0.2) is 0 Å². The number of non-ortho nitro benzene ring substituents is 1. The van der Waals surface area contributed by atoms with Crippen molar-refractivity contribution in [3.63, 3.8) is 0 Å². The average Bonchev–Trinajstić information content (AvgIpc) is 3.43. The third-order valence-corrected chi connectivity index (χ3v) is 6.65. The molecule has 0 atom stereocenters. The second-order valence-electron chi connectivity index (χ2n) is 9.02. The first-order chi connectivity index (χ1) is 19.0. The fourth-order valence-corrected chi connectivity index (χ4v) is 4.70. The normalized spacial score (nSPS) is 13.3. The Bertz CT molecular complexity index is 1490. The monoisotopic (exact) mass is 527 g/mol. The van der Waals surface area contributed by atoms with Crippen LogP contribution in [0.5, 0.6) is 11.5 Å². The molecule has 39 heavy (non-hydrogen) atoms. The van der Waals surface area contributed by atoms with Gasteiger partial charge in [-0.15, -0.1) is 0 Å². The molecule has 1 aromatic heterocycles. The van der Waals surface area contributed by atoms with E-state index in [9.17, 15) is 14.9 Å². The minimum Gasteiger partial charge on any atom is -0.497 e. The number of nitrogens with zero attached hydrogens (tertiary/aromatic N) is 5. The van der Waals surface area contributed by atoms with E-state index in [-0.39, 0.29) is 11.6 Å². The number of nitro groups is 1. The van der Waals surface area contributed by atoms with Crippen molar-refractivity contribution in [2.24, 2.45) is 0 Å². The summed E-state index contributed by atoms with van der Waals surface area (Å²) in [5.74, 6) is 1.29. The van der Waals surface area contributed by atoms with Gasteiger partial charge in [-0.3, -0.25) is 14.9 Å². The van der Waals surface area contributed by atoms with Crippen LogP contribution in [0, 0.1) is 10.1 Å². The third kappa shape index (κ3) is 5.40. The summed E-state index contributed by atoms with van der Waals surface area (Å²) >= 11 is 0. The van der Waals surface area contributed by atoms with Crippen LogP contribution in [-0.2, 0) is 0 Å². The zero-order valence-corrected chi connectivity index (χ0v) is 21.8. The molecule has 10 heteroatoms. The number of carbonyl (C=O) groups excluding carboxylic acids is 1. The number of aromatic nitrogens is 2.